The zero-order valence-electron chi connectivity index (χ0n) is 12.9. The van der Waals surface area contributed by atoms with Crippen molar-refractivity contribution in [2.24, 2.45) is 5.10 Å². The van der Waals surface area contributed by atoms with Gasteiger partial charge in [0.25, 0.3) is 0 Å². The van der Waals surface area contributed by atoms with Crippen molar-refractivity contribution >= 4 is 55.0 Å². The lowest BCUT2D eigenvalue weighted by Gasteiger charge is -2.03. The van der Waals surface area contributed by atoms with Crippen molar-refractivity contribution in [2.45, 2.75) is 13.0 Å². The fourth-order valence-electron chi connectivity index (χ4n) is 2.18. The summed E-state index contributed by atoms with van der Waals surface area (Å²) in [7, 11) is 0. The van der Waals surface area contributed by atoms with Crippen LogP contribution in [0.5, 0.6) is 5.75 Å². The quantitative estimate of drug-likeness (QED) is 0.446. The second-order valence-corrected chi connectivity index (χ2v) is 6.89. The van der Waals surface area contributed by atoms with Crippen LogP contribution in [0.25, 0.3) is 11.0 Å². The van der Waals surface area contributed by atoms with Crippen LogP contribution in [-0.2, 0) is 11.3 Å². The van der Waals surface area contributed by atoms with E-state index in [1.807, 2.05) is 24.3 Å². The van der Waals surface area contributed by atoms with Crippen LogP contribution < -0.4 is 5.43 Å². The molecule has 128 valence electrons. The molecule has 25 heavy (non-hydrogen) atoms. The predicted octanol–water partition coefficient (Wildman–Crippen LogP) is 3.20. The van der Waals surface area contributed by atoms with Crippen molar-refractivity contribution in [1.29, 1.82) is 0 Å². The Kier molecular flexibility index (Phi) is 5.44. The van der Waals surface area contributed by atoms with Crippen molar-refractivity contribution in [1.82, 2.24) is 20.4 Å². The standard InChI is InChI=1S/C16H13Br2N5O2/c17-11-7-10(8-12(18)16(11)25)9-19-21-15(24)5-6-23-14-4-2-1-3-13(14)20-22-23/h1-4,7-9,25H,5-6H2,(H,21,24)/b19-9+. The summed E-state index contributed by atoms with van der Waals surface area (Å²) in [6, 6.07) is 11.0. The van der Waals surface area contributed by atoms with E-state index >= 15 is 0 Å². The van der Waals surface area contributed by atoms with Gasteiger partial charge in [0.1, 0.15) is 11.3 Å². The number of carbonyl (C=O) groups is 1. The van der Waals surface area contributed by atoms with E-state index in [0.29, 0.717) is 15.5 Å². The SMILES string of the molecule is O=C(CCn1nnc2ccccc21)N/N=C/c1cc(Br)c(O)c(Br)c1. The number of fused-ring (bicyclic) bond motifs is 1. The minimum absolute atomic E-state index is 0.112. The number of phenols is 1. The summed E-state index contributed by atoms with van der Waals surface area (Å²) in [5, 5.41) is 21.7. The number of hydrogen-bond acceptors (Lipinski definition) is 5. The minimum atomic E-state index is -0.229. The summed E-state index contributed by atoms with van der Waals surface area (Å²) in [5.41, 5.74) is 4.87. The van der Waals surface area contributed by atoms with Gasteiger partial charge in [-0.2, -0.15) is 5.10 Å². The molecular weight excluding hydrogens is 454 g/mol. The molecule has 2 aromatic carbocycles. The van der Waals surface area contributed by atoms with Gasteiger partial charge in [-0.15, -0.1) is 5.10 Å². The van der Waals surface area contributed by atoms with Gasteiger partial charge < -0.3 is 5.11 Å². The maximum absolute atomic E-state index is 11.9. The maximum Gasteiger partial charge on any atom is 0.241 e. The zero-order valence-corrected chi connectivity index (χ0v) is 16.0. The molecule has 3 rings (SSSR count). The Labute approximate surface area is 160 Å². The lowest BCUT2D eigenvalue weighted by molar-refractivity contribution is -0.121. The summed E-state index contributed by atoms with van der Waals surface area (Å²) in [6.07, 6.45) is 1.73. The van der Waals surface area contributed by atoms with Crippen molar-refractivity contribution in [3.63, 3.8) is 0 Å². The Morgan fingerprint density at radius 3 is 2.76 bits per heavy atom. The molecule has 0 atom stereocenters. The number of halogens is 2. The van der Waals surface area contributed by atoms with Crippen LogP contribution in [-0.4, -0.2) is 32.2 Å². The molecule has 1 amide bonds. The van der Waals surface area contributed by atoms with E-state index in [2.05, 4.69) is 52.7 Å². The van der Waals surface area contributed by atoms with Crippen LogP contribution in [0.4, 0.5) is 0 Å². The molecule has 0 radical (unpaired) electrons. The smallest absolute Gasteiger partial charge is 0.241 e. The zero-order chi connectivity index (χ0) is 17.8. The molecule has 3 aromatic rings. The van der Waals surface area contributed by atoms with E-state index in [-0.39, 0.29) is 18.1 Å². The van der Waals surface area contributed by atoms with E-state index in [0.717, 1.165) is 16.6 Å². The molecule has 0 spiro atoms. The average molecular weight is 467 g/mol. The molecule has 0 fully saturated rings. The summed E-state index contributed by atoms with van der Waals surface area (Å²) in [6.45, 7) is 0.415. The predicted molar refractivity (Wildman–Crippen MR) is 101 cm³/mol. The molecule has 0 aliphatic heterocycles. The summed E-state index contributed by atoms with van der Waals surface area (Å²) >= 11 is 6.48. The van der Waals surface area contributed by atoms with E-state index < -0.39 is 0 Å². The van der Waals surface area contributed by atoms with Gasteiger partial charge in [0.2, 0.25) is 5.91 Å². The highest BCUT2D eigenvalue weighted by atomic mass is 79.9. The molecule has 0 saturated heterocycles. The number of hydrogen-bond donors (Lipinski definition) is 2. The molecule has 0 aliphatic rings. The monoisotopic (exact) mass is 465 g/mol. The molecule has 1 aromatic heterocycles. The Hall–Kier alpha value is -2.26. The maximum atomic E-state index is 11.9. The van der Waals surface area contributed by atoms with Gasteiger partial charge in [-0.05, 0) is 61.7 Å². The Morgan fingerprint density at radius 2 is 2.00 bits per heavy atom. The molecule has 0 bridgehead atoms. The van der Waals surface area contributed by atoms with Crippen molar-refractivity contribution in [2.75, 3.05) is 0 Å². The van der Waals surface area contributed by atoms with Crippen LogP contribution in [0.15, 0.2) is 50.4 Å². The van der Waals surface area contributed by atoms with Gasteiger partial charge in [-0.1, -0.05) is 17.3 Å². The third-order valence-corrected chi connectivity index (χ3v) is 4.62. The number of phenolic OH excluding ortho intramolecular Hbond substituents is 1. The number of nitrogens with zero attached hydrogens (tertiary/aromatic N) is 4. The number of nitrogens with one attached hydrogen (secondary N) is 1. The van der Waals surface area contributed by atoms with Gasteiger partial charge in [-0.3, -0.25) is 4.79 Å². The van der Waals surface area contributed by atoms with Gasteiger partial charge >= 0.3 is 0 Å². The second kappa shape index (κ2) is 7.75. The first-order valence-corrected chi connectivity index (χ1v) is 8.91. The molecular formula is C16H13Br2N5O2. The first kappa shape index (κ1) is 17.6. The van der Waals surface area contributed by atoms with E-state index in [9.17, 15) is 9.90 Å². The van der Waals surface area contributed by atoms with Gasteiger partial charge in [0.05, 0.1) is 27.2 Å². The number of hydrazone groups is 1. The largest absolute Gasteiger partial charge is 0.506 e. The third-order valence-electron chi connectivity index (χ3n) is 3.41. The first-order chi connectivity index (χ1) is 12.0. The summed E-state index contributed by atoms with van der Waals surface area (Å²) in [4.78, 5) is 11.9. The Morgan fingerprint density at radius 1 is 1.28 bits per heavy atom. The fourth-order valence-corrected chi connectivity index (χ4v) is 3.41. The Bertz CT molecular complexity index is 932. The fraction of sp³-hybridized carbons (Fsp3) is 0.125. The highest BCUT2D eigenvalue weighted by Gasteiger charge is 2.07. The average Bonchev–Trinajstić information content (AvgIpc) is 3.01. The lowest BCUT2D eigenvalue weighted by Crippen LogP contribution is -2.19. The van der Waals surface area contributed by atoms with Crippen molar-refractivity contribution in [3.8, 4) is 5.75 Å². The highest BCUT2D eigenvalue weighted by Crippen LogP contribution is 2.32. The number of amides is 1. The van der Waals surface area contributed by atoms with Gasteiger partial charge in [0.15, 0.2) is 0 Å². The van der Waals surface area contributed by atoms with Gasteiger partial charge in [-0.25, -0.2) is 10.1 Å². The third kappa shape index (κ3) is 4.23. The number of aromatic nitrogens is 3. The summed E-state index contributed by atoms with van der Waals surface area (Å²) in [5.74, 6) is -0.117. The van der Waals surface area contributed by atoms with Gasteiger partial charge in [0, 0.05) is 6.42 Å². The van der Waals surface area contributed by atoms with E-state index in [1.165, 1.54) is 6.21 Å². The molecule has 0 aliphatic carbocycles. The van der Waals surface area contributed by atoms with Crippen LogP contribution in [0.1, 0.15) is 12.0 Å². The van der Waals surface area contributed by atoms with E-state index in [1.54, 1.807) is 16.8 Å². The first-order valence-electron chi connectivity index (χ1n) is 7.33. The molecule has 1 heterocycles. The molecule has 9 heteroatoms. The minimum Gasteiger partial charge on any atom is -0.506 e. The number of benzene rings is 2. The molecule has 0 saturated carbocycles. The second-order valence-electron chi connectivity index (χ2n) is 5.18. The molecule has 0 unspecified atom stereocenters. The topological polar surface area (TPSA) is 92.4 Å². The van der Waals surface area contributed by atoms with Crippen LogP contribution >= 0.6 is 31.9 Å². The normalized spacial score (nSPS) is 11.3. The van der Waals surface area contributed by atoms with Crippen molar-refractivity contribution in [3.05, 3.63) is 50.9 Å². The number of para-hydroxylation sites is 1. The van der Waals surface area contributed by atoms with Crippen LogP contribution in [0.3, 0.4) is 0 Å². The number of carbonyl (C=O) groups excluding carboxylic acids is 1. The Balaban J connectivity index is 1.56. The molecule has 7 nitrogen and oxygen atoms in total. The highest BCUT2D eigenvalue weighted by molar-refractivity contribution is 9.11. The van der Waals surface area contributed by atoms with E-state index in [4.69, 9.17) is 0 Å². The number of aryl methyl sites for hydroxylation is 1. The van der Waals surface area contributed by atoms with Crippen LogP contribution in [0.2, 0.25) is 0 Å². The molecule has 2 N–H and O–H groups in total. The lowest BCUT2D eigenvalue weighted by atomic mass is 10.2. The van der Waals surface area contributed by atoms with Crippen LogP contribution in [0, 0.1) is 0 Å². The number of aromatic hydroxyl groups is 1. The number of rotatable bonds is 5. The van der Waals surface area contributed by atoms with Crippen molar-refractivity contribution < 1.29 is 9.90 Å². The summed E-state index contributed by atoms with van der Waals surface area (Å²) < 4.78 is 2.76.